The topological polar surface area (TPSA) is 51.8 Å². The van der Waals surface area contributed by atoms with Gasteiger partial charge in [0, 0.05) is 32.7 Å². The Labute approximate surface area is 131 Å². The summed E-state index contributed by atoms with van der Waals surface area (Å²) in [5, 5.41) is 0.664. The third-order valence-corrected chi connectivity index (χ3v) is 4.64. The molecule has 0 unspecified atom stereocenters. The monoisotopic (exact) mass is 351 g/mol. The van der Waals surface area contributed by atoms with Crippen molar-refractivity contribution in [1.29, 1.82) is 0 Å². The van der Waals surface area contributed by atoms with Crippen molar-refractivity contribution in [2.45, 2.75) is 31.6 Å². The van der Waals surface area contributed by atoms with E-state index in [1.54, 1.807) is 0 Å². The molecule has 1 aliphatic rings. The first-order chi connectivity index (χ1) is 9.63. The zero-order valence-corrected chi connectivity index (χ0v) is 13.3. The van der Waals surface area contributed by atoms with Gasteiger partial charge in [0.15, 0.2) is 5.82 Å². The average molecular weight is 353 g/mol. The first kappa shape index (κ1) is 13.8. The smallest absolute Gasteiger partial charge is 0.162 e. The van der Waals surface area contributed by atoms with Crippen molar-refractivity contribution in [2.24, 2.45) is 0 Å². The van der Waals surface area contributed by atoms with Crippen molar-refractivity contribution in [3.63, 3.8) is 0 Å². The number of nitrogens with two attached hydrogens (primary N) is 1. The largest absolute Gasteiger partial charge is 0.384 e. The number of rotatable bonds is 2. The Morgan fingerprint density at radius 2 is 1.90 bits per heavy atom. The van der Waals surface area contributed by atoms with E-state index in [4.69, 9.17) is 22.3 Å². The van der Waals surface area contributed by atoms with Crippen LogP contribution in [0, 0.1) is 0 Å². The molecule has 1 heterocycles. The van der Waals surface area contributed by atoms with E-state index in [0.29, 0.717) is 22.6 Å². The van der Waals surface area contributed by atoms with Crippen LogP contribution in [0.5, 0.6) is 0 Å². The average Bonchev–Trinajstić information content (AvgIpc) is 2.95. The van der Waals surface area contributed by atoms with Gasteiger partial charge in [-0.25, -0.2) is 9.97 Å². The normalized spacial score (nSPS) is 15.7. The third-order valence-electron chi connectivity index (χ3n) is 3.71. The second kappa shape index (κ2) is 5.70. The van der Waals surface area contributed by atoms with Gasteiger partial charge in [-0.3, -0.25) is 0 Å². The molecule has 20 heavy (non-hydrogen) atoms. The van der Waals surface area contributed by atoms with E-state index < -0.39 is 0 Å². The van der Waals surface area contributed by atoms with Gasteiger partial charge >= 0.3 is 0 Å². The minimum atomic E-state index is 0.511. The highest BCUT2D eigenvalue weighted by atomic mass is 79.9. The zero-order chi connectivity index (χ0) is 14.1. The summed E-state index contributed by atoms with van der Waals surface area (Å²) in [6.07, 6.45) is 4.91. The molecule has 104 valence electrons. The molecule has 0 saturated heterocycles. The van der Waals surface area contributed by atoms with Gasteiger partial charge < -0.3 is 5.73 Å². The molecule has 0 atom stereocenters. The van der Waals surface area contributed by atoms with Crippen molar-refractivity contribution >= 4 is 33.3 Å². The highest BCUT2D eigenvalue weighted by Gasteiger charge is 2.20. The minimum absolute atomic E-state index is 0.511. The number of nitrogens with zero attached hydrogens (tertiary/aromatic N) is 2. The van der Waals surface area contributed by atoms with Crippen LogP contribution in [-0.4, -0.2) is 9.97 Å². The molecule has 3 rings (SSSR count). The highest BCUT2D eigenvalue weighted by molar-refractivity contribution is 9.10. The van der Waals surface area contributed by atoms with Crippen LogP contribution in [0.25, 0.3) is 11.4 Å². The van der Waals surface area contributed by atoms with Crippen molar-refractivity contribution < 1.29 is 0 Å². The molecular weight excluding hydrogens is 338 g/mol. The summed E-state index contributed by atoms with van der Waals surface area (Å²) in [7, 11) is 0. The fourth-order valence-corrected chi connectivity index (χ4v) is 3.30. The van der Waals surface area contributed by atoms with E-state index in [9.17, 15) is 0 Å². The maximum Gasteiger partial charge on any atom is 0.162 e. The quantitative estimate of drug-likeness (QED) is 0.844. The molecule has 0 amide bonds. The molecule has 5 heteroatoms. The first-order valence-corrected chi connectivity index (χ1v) is 7.90. The van der Waals surface area contributed by atoms with Crippen LogP contribution in [0.15, 0.2) is 28.7 Å². The standard InChI is InChI=1S/C15H15BrClN3/c16-12-6-5-10(17)7-11(12)15-19-13(8-14(18)20-15)9-3-1-2-4-9/h5-9H,1-4H2,(H2,18,19,20). The predicted octanol–water partition coefficient (Wildman–Crippen LogP) is 4.80. The molecule has 1 aliphatic carbocycles. The van der Waals surface area contributed by atoms with E-state index in [2.05, 4.69) is 20.9 Å². The van der Waals surface area contributed by atoms with Crippen molar-refractivity contribution in [1.82, 2.24) is 9.97 Å². The van der Waals surface area contributed by atoms with Crippen LogP contribution in [0.3, 0.4) is 0 Å². The van der Waals surface area contributed by atoms with Gasteiger partial charge in [0.1, 0.15) is 5.82 Å². The van der Waals surface area contributed by atoms with Crippen molar-refractivity contribution in [3.05, 3.63) is 39.5 Å². The number of nitrogen functional groups attached to an aromatic ring is 1. The maximum atomic E-state index is 6.07. The summed E-state index contributed by atoms with van der Waals surface area (Å²) in [4.78, 5) is 9.06. The number of hydrogen-bond donors (Lipinski definition) is 1. The molecule has 2 N–H and O–H groups in total. The van der Waals surface area contributed by atoms with Gasteiger partial charge in [0.2, 0.25) is 0 Å². The Morgan fingerprint density at radius 3 is 2.65 bits per heavy atom. The summed E-state index contributed by atoms with van der Waals surface area (Å²) >= 11 is 9.59. The van der Waals surface area contributed by atoms with Gasteiger partial charge in [-0.2, -0.15) is 0 Å². The van der Waals surface area contributed by atoms with Crippen LogP contribution in [-0.2, 0) is 0 Å². The number of benzene rings is 1. The molecule has 1 saturated carbocycles. The molecule has 0 aliphatic heterocycles. The van der Waals surface area contributed by atoms with E-state index in [1.807, 2.05) is 24.3 Å². The first-order valence-electron chi connectivity index (χ1n) is 6.73. The fraction of sp³-hybridized carbons (Fsp3) is 0.333. The summed E-state index contributed by atoms with van der Waals surface area (Å²) in [6.45, 7) is 0. The Balaban J connectivity index is 2.06. The third kappa shape index (κ3) is 2.81. The van der Waals surface area contributed by atoms with Gasteiger partial charge in [-0.1, -0.05) is 40.4 Å². The molecule has 0 radical (unpaired) electrons. The van der Waals surface area contributed by atoms with E-state index in [-0.39, 0.29) is 0 Å². The Kier molecular flexibility index (Phi) is 3.94. The van der Waals surface area contributed by atoms with Gasteiger partial charge in [0.05, 0.1) is 0 Å². The minimum Gasteiger partial charge on any atom is -0.384 e. The van der Waals surface area contributed by atoms with Crippen LogP contribution in [0.1, 0.15) is 37.3 Å². The summed E-state index contributed by atoms with van der Waals surface area (Å²) in [5.41, 5.74) is 7.88. The molecule has 3 nitrogen and oxygen atoms in total. The summed E-state index contributed by atoms with van der Waals surface area (Å²) in [6, 6.07) is 7.50. The number of hydrogen-bond acceptors (Lipinski definition) is 3. The van der Waals surface area contributed by atoms with Gasteiger partial charge in [-0.15, -0.1) is 0 Å². The van der Waals surface area contributed by atoms with Crippen molar-refractivity contribution in [3.8, 4) is 11.4 Å². The molecule has 1 aromatic carbocycles. The lowest BCUT2D eigenvalue weighted by atomic mass is 10.0. The maximum absolute atomic E-state index is 6.07. The number of aromatic nitrogens is 2. The SMILES string of the molecule is Nc1cc(C2CCCC2)nc(-c2cc(Cl)ccc2Br)n1. The fourth-order valence-electron chi connectivity index (χ4n) is 2.71. The molecule has 0 bridgehead atoms. The van der Waals surface area contributed by atoms with Crippen molar-refractivity contribution in [2.75, 3.05) is 5.73 Å². The Hall–Kier alpha value is -1.13. The van der Waals surface area contributed by atoms with Crippen LogP contribution < -0.4 is 5.73 Å². The Morgan fingerprint density at radius 1 is 1.15 bits per heavy atom. The summed E-state index contributed by atoms with van der Waals surface area (Å²) < 4.78 is 0.921. The lowest BCUT2D eigenvalue weighted by molar-refractivity contribution is 0.696. The summed E-state index contributed by atoms with van der Waals surface area (Å²) in [5.74, 6) is 1.67. The molecular formula is C15H15BrClN3. The highest BCUT2D eigenvalue weighted by Crippen LogP contribution is 2.35. The molecule has 2 aromatic rings. The van der Waals surface area contributed by atoms with E-state index in [0.717, 1.165) is 15.7 Å². The second-order valence-corrected chi connectivity index (χ2v) is 6.44. The van der Waals surface area contributed by atoms with E-state index in [1.165, 1.54) is 25.7 Å². The van der Waals surface area contributed by atoms with Gasteiger partial charge in [0.25, 0.3) is 0 Å². The van der Waals surface area contributed by atoms with Crippen LogP contribution in [0.4, 0.5) is 5.82 Å². The van der Waals surface area contributed by atoms with Crippen LogP contribution in [0.2, 0.25) is 5.02 Å². The number of anilines is 1. The molecule has 1 aromatic heterocycles. The second-order valence-electron chi connectivity index (χ2n) is 5.15. The lowest BCUT2D eigenvalue weighted by Gasteiger charge is -2.12. The van der Waals surface area contributed by atoms with E-state index >= 15 is 0 Å². The Bertz CT molecular complexity index is 639. The lowest BCUT2D eigenvalue weighted by Crippen LogP contribution is -2.03. The predicted molar refractivity (Wildman–Crippen MR) is 85.8 cm³/mol. The van der Waals surface area contributed by atoms with Gasteiger partial charge in [-0.05, 0) is 31.0 Å². The zero-order valence-electron chi connectivity index (χ0n) is 10.9. The molecule has 1 fully saturated rings. The molecule has 0 spiro atoms. The number of halogens is 2. The van der Waals surface area contributed by atoms with Crippen LogP contribution >= 0.6 is 27.5 Å².